The average molecular weight is 442 g/mol. The molecule has 0 aliphatic carbocycles. The van der Waals surface area contributed by atoms with Gasteiger partial charge in [-0.05, 0) is 42.2 Å². The van der Waals surface area contributed by atoms with Gasteiger partial charge in [0, 0.05) is 42.1 Å². The van der Waals surface area contributed by atoms with E-state index in [1.807, 2.05) is 6.07 Å². The van der Waals surface area contributed by atoms with Crippen LogP contribution in [0.1, 0.15) is 24.0 Å². The van der Waals surface area contributed by atoms with Gasteiger partial charge >= 0.3 is 0 Å². The Morgan fingerprint density at radius 3 is 2.82 bits per heavy atom. The molecule has 1 amide bonds. The van der Waals surface area contributed by atoms with Gasteiger partial charge in [0.1, 0.15) is 0 Å². The summed E-state index contributed by atoms with van der Waals surface area (Å²) in [6.07, 6.45) is 4.65. The van der Waals surface area contributed by atoms with Crippen LogP contribution in [-0.4, -0.2) is 36.7 Å². The van der Waals surface area contributed by atoms with Crippen molar-refractivity contribution in [2.75, 3.05) is 13.1 Å². The number of pyridine rings is 1. The molecule has 150 valence electrons. The first-order chi connectivity index (χ1) is 13.3. The molecule has 0 spiro atoms. The fourth-order valence-electron chi connectivity index (χ4n) is 3.17. The summed E-state index contributed by atoms with van der Waals surface area (Å²) in [4.78, 5) is 16.5. The number of hydrogen-bond donors (Lipinski definition) is 1. The van der Waals surface area contributed by atoms with Crippen LogP contribution in [0, 0.1) is 5.92 Å². The maximum absolute atomic E-state index is 12.8. The number of hydrogen-bond acceptors (Lipinski definition) is 4. The van der Waals surface area contributed by atoms with Gasteiger partial charge in [-0.1, -0.05) is 35.3 Å². The first-order valence-corrected chi connectivity index (χ1v) is 11.3. The number of sulfonamides is 1. The maximum Gasteiger partial charge on any atom is 0.224 e. The molecule has 1 aliphatic rings. The molecule has 9 heteroatoms. The van der Waals surface area contributed by atoms with Gasteiger partial charge in [0.25, 0.3) is 0 Å². The number of piperidine rings is 1. The maximum atomic E-state index is 12.8. The molecule has 2 heterocycles. The minimum Gasteiger partial charge on any atom is -0.352 e. The van der Waals surface area contributed by atoms with E-state index in [1.165, 1.54) is 10.4 Å². The fraction of sp³-hybridized carbons (Fsp3) is 0.368. The number of carbonyl (C=O) groups is 1. The number of carbonyl (C=O) groups excluding carboxylic acids is 1. The molecule has 0 radical (unpaired) electrons. The summed E-state index contributed by atoms with van der Waals surface area (Å²) in [6, 6.07) is 8.44. The van der Waals surface area contributed by atoms with E-state index in [4.69, 9.17) is 23.2 Å². The summed E-state index contributed by atoms with van der Waals surface area (Å²) in [5, 5.41) is 3.64. The molecule has 0 saturated carbocycles. The molecular weight excluding hydrogens is 421 g/mol. The van der Waals surface area contributed by atoms with Crippen LogP contribution < -0.4 is 5.32 Å². The molecule has 1 aromatic carbocycles. The number of nitrogens with zero attached hydrogens (tertiary/aromatic N) is 2. The molecule has 1 aliphatic heterocycles. The molecular formula is C19H21Cl2N3O3S. The first-order valence-electron chi connectivity index (χ1n) is 8.93. The number of nitrogens with one attached hydrogen (secondary N) is 1. The third-order valence-electron chi connectivity index (χ3n) is 4.69. The summed E-state index contributed by atoms with van der Waals surface area (Å²) in [6.45, 7) is 0.947. The predicted molar refractivity (Wildman–Crippen MR) is 109 cm³/mol. The quantitative estimate of drug-likeness (QED) is 0.745. The lowest BCUT2D eigenvalue weighted by Gasteiger charge is -2.31. The summed E-state index contributed by atoms with van der Waals surface area (Å²) >= 11 is 12.0. The van der Waals surface area contributed by atoms with E-state index in [0.717, 1.165) is 5.56 Å². The second kappa shape index (κ2) is 9.22. The Morgan fingerprint density at radius 2 is 2.11 bits per heavy atom. The third kappa shape index (κ3) is 5.44. The van der Waals surface area contributed by atoms with Crippen molar-refractivity contribution in [1.29, 1.82) is 0 Å². The van der Waals surface area contributed by atoms with E-state index in [-0.39, 0.29) is 24.1 Å². The third-order valence-corrected chi connectivity index (χ3v) is 7.07. The van der Waals surface area contributed by atoms with E-state index >= 15 is 0 Å². The molecule has 6 nitrogen and oxygen atoms in total. The Labute approximate surface area is 174 Å². The van der Waals surface area contributed by atoms with Crippen molar-refractivity contribution in [1.82, 2.24) is 14.6 Å². The van der Waals surface area contributed by atoms with Crippen molar-refractivity contribution in [2.24, 2.45) is 5.92 Å². The molecule has 0 bridgehead atoms. The average Bonchev–Trinajstić information content (AvgIpc) is 2.69. The smallest absolute Gasteiger partial charge is 0.224 e. The molecule has 1 fully saturated rings. The Morgan fingerprint density at radius 1 is 1.29 bits per heavy atom. The van der Waals surface area contributed by atoms with Gasteiger partial charge in [0.05, 0.1) is 11.7 Å². The van der Waals surface area contributed by atoms with Gasteiger partial charge in [-0.3, -0.25) is 9.78 Å². The molecule has 0 unspecified atom stereocenters. The highest BCUT2D eigenvalue weighted by Gasteiger charge is 2.32. The van der Waals surface area contributed by atoms with Gasteiger partial charge in [-0.15, -0.1) is 0 Å². The van der Waals surface area contributed by atoms with E-state index < -0.39 is 10.0 Å². The highest BCUT2D eigenvalue weighted by molar-refractivity contribution is 7.88. The Hall–Kier alpha value is -1.67. The van der Waals surface area contributed by atoms with Crippen LogP contribution in [0.4, 0.5) is 0 Å². The predicted octanol–water partition coefficient (Wildman–Crippen LogP) is 3.25. The molecule has 3 rings (SSSR count). The summed E-state index contributed by atoms with van der Waals surface area (Å²) < 4.78 is 27.1. The summed E-state index contributed by atoms with van der Waals surface area (Å²) in [7, 11) is -3.59. The Balaban J connectivity index is 1.62. The normalized spacial score (nSPS) is 18.0. The van der Waals surface area contributed by atoms with Crippen LogP contribution in [-0.2, 0) is 27.1 Å². The van der Waals surface area contributed by atoms with Gasteiger partial charge in [0.2, 0.25) is 15.9 Å². The lowest BCUT2D eigenvalue weighted by atomic mass is 9.99. The van der Waals surface area contributed by atoms with Crippen molar-refractivity contribution in [3.63, 3.8) is 0 Å². The molecule has 2 aromatic rings. The zero-order valence-corrected chi connectivity index (χ0v) is 17.5. The van der Waals surface area contributed by atoms with Crippen molar-refractivity contribution in [3.8, 4) is 0 Å². The SMILES string of the molecule is O=C(NCc1cccnc1)[C@H]1CCCN(S(=O)(=O)Cc2ccc(Cl)cc2Cl)C1. The molecule has 1 saturated heterocycles. The van der Waals surface area contributed by atoms with Gasteiger partial charge in [0.15, 0.2) is 0 Å². The Bertz CT molecular complexity index is 939. The monoisotopic (exact) mass is 441 g/mol. The highest BCUT2D eigenvalue weighted by Crippen LogP contribution is 2.26. The number of benzene rings is 1. The minimum atomic E-state index is -3.59. The Kier molecular flexibility index (Phi) is 6.93. The number of rotatable bonds is 6. The number of halogens is 2. The van der Waals surface area contributed by atoms with Crippen LogP contribution in [0.15, 0.2) is 42.7 Å². The van der Waals surface area contributed by atoms with Gasteiger partial charge in [-0.25, -0.2) is 12.7 Å². The second-order valence-corrected chi connectivity index (χ2v) is 9.58. The van der Waals surface area contributed by atoms with Gasteiger partial charge < -0.3 is 5.32 Å². The second-order valence-electron chi connectivity index (χ2n) is 6.77. The first kappa shape index (κ1) is 21.0. The van der Waals surface area contributed by atoms with E-state index in [0.29, 0.717) is 41.5 Å². The number of amides is 1. The molecule has 1 N–H and O–H groups in total. The highest BCUT2D eigenvalue weighted by atomic mass is 35.5. The zero-order chi connectivity index (χ0) is 20.1. The summed E-state index contributed by atoms with van der Waals surface area (Å²) in [5.74, 6) is -0.735. The standard InChI is InChI=1S/C19H21Cl2N3O3S/c20-17-6-5-16(18(21)9-17)13-28(26,27)24-8-2-4-15(12-24)19(25)23-11-14-3-1-7-22-10-14/h1,3,5-7,9-10,15H,2,4,8,11-13H2,(H,23,25)/t15-/m0/s1. The van der Waals surface area contributed by atoms with Crippen LogP contribution in [0.2, 0.25) is 10.0 Å². The van der Waals surface area contributed by atoms with Crippen LogP contribution >= 0.6 is 23.2 Å². The largest absolute Gasteiger partial charge is 0.352 e. The topological polar surface area (TPSA) is 79.4 Å². The van der Waals surface area contributed by atoms with E-state index in [9.17, 15) is 13.2 Å². The van der Waals surface area contributed by atoms with Crippen LogP contribution in [0.3, 0.4) is 0 Å². The molecule has 28 heavy (non-hydrogen) atoms. The van der Waals surface area contributed by atoms with E-state index in [1.54, 1.807) is 30.6 Å². The molecule has 1 aromatic heterocycles. The van der Waals surface area contributed by atoms with Crippen molar-refractivity contribution in [2.45, 2.75) is 25.1 Å². The van der Waals surface area contributed by atoms with Crippen LogP contribution in [0.5, 0.6) is 0 Å². The minimum absolute atomic E-state index is 0.145. The van der Waals surface area contributed by atoms with E-state index in [2.05, 4.69) is 10.3 Å². The number of aromatic nitrogens is 1. The van der Waals surface area contributed by atoms with Crippen molar-refractivity contribution in [3.05, 3.63) is 63.9 Å². The summed E-state index contributed by atoms with van der Waals surface area (Å²) in [5.41, 5.74) is 1.39. The lowest BCUT2D eigenvalue weighted by molar-refractivity contribution is -0.126. The van der Waals surface area contributed by atoms with Crippen LogP contribution in [0.25, 0.3) is 0 Å². The zero-order valence-electron chi connectivity index (χ0n) is 15.1. The van der Waals surface area contributed by atoms with Crippen molar-refractivity contribution < 1.29 is 13.2 Å². The fourth-order valence-corrected chi connectivity index (χ4v) is 5.37. The lowest BCUT2D eigenvalue weighted by Crippen LogP contribution is -2.45. The van der Waals surface area contributed by atoms with Crippen molar-refractivity contribution >= 4 is 39.1 Å². The van der Waals surface area contributed by atoms with Gasteiger partial charge in [-0.2, -0.15) is 0 Å². The molecule has 1 atom stereocenters.